The average molecular weight is 332 g/mol. The van der Waals surface area contributed by atoms with Crippen LogP contribution in [0, 0.1) is 0 Å². The van der Waals surface area contributed by atoms with Crippen LogP contribution in [0.15, 0.2) is 0 Å². The van der Waals surface area contributed by atoms with Gasteiger partial charge in [-0.15, -0.1) is 11.3 Å². The second-order valence-electron chi connectivity index (χ2n) is 5.15. The standard InChI is InChI=1S/C14H20O5S2/c1-10-13-14(11(2)20-10)19-12(9-18-13)7-5-3-4-6-8-21(15,16)17/h12H,1-9H2,(H,15,16,17). The number of fused-ring (bicyclic) bond motifs is 1. The third-order valence-electron chi connectivity index (χ3n) is 3.34. The van der Waals surface area contributed by atoms with Gasteiger partial charge in [0.1, 0.15) is 12.7 Å². The zero-order chi connectivity index (χ0) is 15.5. The normalized spacial score (nSPS) is 17.9. The van der Waals surface area contributed by atoms with Crippen molar-refractivity contribution in [3.05, 3.63) is 9.06 Å². The summed E-state index contributed by atoms with van der Waals surface area (Å²) in [5.41, 5.74) is 0. The van der Waals surface area contributed by atoms with Crippen molar-refractivity contribution in [3.8, 4) is 11.5 Å². The summed E-state index contributed by atoms with van der Waals surface area (Å²) in [5, 5.41) is 0. The first kappa shape index (κ1) is 16.3. The fourth-order valence-corrected chi connectivity index (χ4v) is 3.63. The largest absolute Gasteiger partial charge is 0.484 e. The summed E-state index contributed by atoms with van der Waals surface area (Å²) in [5.74, 6) is 1.27. The Morgan fingerprint density at radius 3 is 2.52 bits per heavy atom. The Balaban J connectivity index is 1.70. The van der Waals surface area contributed by atoms with Crippen molar-refractivity contribution < 1.29 is 22.4 Å². The van der Waals surface area contributed by atoms with Crippen LogP contribution in [0.4, 0.5) is 0 Å². The van der Waals surface area contributed by atoms with Gasteiger partial charge in [0.25, 0.3) is 10.1 Å². The highest BCUT2D eigenvalue weighted by Gasteiger charge is 2.23. The Kier molecular flexibility index (Phi) is 5.29. The summed E-state index contributed by atoms with van der Waals surface area (Å²) in [6, 6.07) is 0. The smallest absolute Gasteiger partial charge is 0.264 e. The lowest BCUT2D eigenvalue weighted by Gasteiger charge is -2.24. The summed E-state index contributed by atoms with van der Waals surface area (Å²) < 4.78 is 43.0. The van der Waals surface area contributed by atoms with E-state index in [1.807, 2.05) is 0 Å². The van der Waals surface area contributed by atoms with E-state index in [0.717, 1.165) is 40.5 Å². The van der Waals surface area contributed by atoms with Gasteiger partial charge in [0, 0.05) is 0 Å². The predicted molar refractivity (Wildman–Crippen MR) is 84.0 cm³/mol. The maximum absolute atomic E-state index is 10.6. The van der Waals surface area contributed by atoms with E-state index in [4.69, 9.17) is 14.0 Å². The number of hydrogen-bond acceptors (Lipinski definition) is 5. The molecule has 21 heavy (non-hydrogen) atoms. The highest BCUT2D eigenvalue weighted by molar-refractivity contribution is 7.85. The molecule has 7 heteroatoms. The zero-order valence-corrected chi connectivity index (χ0v) is 13.5. The highest BCUT2D eigenvalue weighted by Crippen LogP contribution is 2.27. The lowest BCUT2D eigenvalue weighted by Crippen LogP contribution is -2.31. The second kappa shape index (κ2) is 6.81. The van der Waals surface area contributed by atoms with Gasteiger partial charge in [-0.1, -0.05) is 26.0 Å². The maximum Gasteiger partial charge on any atom is 0.264 e. The number of rotatable bonds is 7. The Labute approximate surface area is 128 Å². The van der Waals surface area contributed by atoms with Crippen molar-refractivity contribution in [3.63, 3.8) is 0 Å². The van der Waals surface area contributed by atoms with Gasteiger partial charge in [0.15, 0.2) is 11.5 Å². The van der Waals surface area contributed by atoms with Gasteiger partial charge in [-0.05, 0) is 19.3 Å². The van der Waals surface area contributed by atoms with Crippen molar-refractivity contribution in [1.29, 1.82) is 0 Å². The molecular formula is C14H20O5S2. The van der Waals surface area contributed by atoms with Gasteiger partial charge in [0.05, 0.1) is 14.8 Å². The first-order valence-electron chi connectivity index (χ1n) is 6.92. The molecule has 0 bridgehead atoms. The molecular weight excluding hydrogens is 312 g/mol. The topological polar surface area (TPSA) is 72.8 Å². The number of unbranched alkanes of at least 4 members (excludes halogenated alkanes) is 3. The van der Waals surface area contributed by atoms with Gasteiger partial charge < -0.3 is 9.47 Å². The molecule has 1 unspecified atom stereocenters. The summed E-state index contributed by atoms with van der Waals surface area (Å²) in [6.07, 6.45) is 3.97. The SMILES string of the molecule is C=c1sc(=C)c2c1OCC(CCCCCCS(=O)(=O)O)O2. The number of hydrogen-bond donors (Lipinski definition) is 1. The predicted octanol–water partition coefficient (Wildman–Crippen LogP) is 1.55. The fraction of sp³-hybridized carbons (Fsp3) is 0.571. The van der Waals surface area contributed by atoms with E-state index in [1.54, 1.807) is 0 Å². The number of thiophene rings is 1. The minimum atomic E-state index is -3.82. The summed E-state index contributed by atoms with van der Waals surface area (Å²) >= 11 is 1.47. The highest BCUT2D eigenvalue weighted by atomic mass is 32.2. The van der Waals surface area contributed by atoms with E-state index in [-0.39, 0.29) is 11.9 Å². The van der Waals surface area contributed by atoms with Crippen LogP contribution in [-0.4, -0.2) is 31.4 Å². The molecule has 0 spiro atoms. The van der Waals surface area contributed by atoms with Crippen molar-refractivity contribution in [2.24, 2.45) is 0 Å². The Morgan fingerprint density at radius 1 is 1.14 bits per heavy atom. The van der Waals surface area contributed by atoms with E-state index in [0.29, 0.717) is 18.8 Å². The second-order valence-corrected chi connectivity index (χ2v) is 7.91. The van der Waals surface area contributed by atoms with Gasteiger partial charge in [-0.25, -0.2) is 0 Å². The zero-order valence-electron chi connectivity index (χ0n) is 11.8. The van der Waals surface area contributed by atoms with Crippen LogP contribution in [0.5, 0.6) is 11.5 Å². The summed E-state index contributed by atoms with van der Waals surface area (Å²) in [4.78, 5) is 0. The molecule has 1 atom stereocenters. The van der Waals surface area contributed by atoms with Crippen LogP contribution in [0.3, 0.4) is 0 Å². The van der Waals surface area contributed by atoms with Gasteiger partial charge >= 0.3 is 0 Å². The van der Waals surface area contributed by atoms with Crippen molar-refractivity contribution in [2.45, 2.75) is 38.2 Å². The first-order valence-corrected chi connectivity index (χ1v) is 9.34. The molecule has 0 saturated carbocycles. The average Bonchev–Trinajstić information content (AvgIpc) is 2.68. The molecule has 0 fully saturated rings. The quantitative estimate of drug-likeness (QED) is 0.606. The third kappa shape index (κ3) is 4.72. The summed E-state index contributed by atoms with van der Waals surface area (Å²) in [7, 11) is -3.82. The van der Waals surface area contributed by atoms with Crippen LogP contribution in [0.2, 0.25) is 0 Å². The van der Waals surface area contributed by atoms with Crippen LogP contribution in [0.1, 0.15) is 32.1 Å². The Hall–Kier alpha value is -1.05. The van der Waals surface area contributed by atoms with E-state index in [2.05, 4.69) is 13.2 Å². The van der Waals surface area contributed by atoms with Gasteiger partial charge in [-0.2, -0.15) is 8.42 Å². The molecule has 1 aromatic heterocycles. The molecule has 0 radical (unpaired) electrons. The molecule has 2 heterocycles. The molecule has 118 valence electrons. The van der Waals surface area contributed by atoms with Crippen molar-refractivity contribution in [2.75, 3.05) is 12.4 Å². The van der Waals surface area contributed by atoms with E-state index in [9.17, 15) is 8.42 Å². The van der Waals surface area contributed by atoms with Crippen molar-refractivity contribution >= 4 is 34.6 Å². The van der Waals surface area contributed by atoms with E-state index in [1.165, 1.54) is 11.3 Å². The first-order chi connectivity index (χ1) is 9.87. The summed E-state index contributed by atoms with van der Waals surface area (Å²) in [6.45, 7) is 8.34. The molecule has 0 amide bonds. The lowest BCUT2D eigenvalue weighted by atomic mass is 10.1. The van der Waals surface area contributed by atoms with E-state index < -0.39 is 10.1 Å². The lowest BCUT2D eigenvalue weighted by molar-refractivity contribution is 0.0825. The molecule has 1 N–H and O–H groups in total. The van der Waals surface area contributed by atoms with Crippen LogP contribution >= 0.6 is 11.3 Å². The Bertz CT molecular complexity index is 677. The molecule has 1 aliphatic heterocycles. The minimum Gasteiger partial charge on any atom is -0.484 e. The maximum atomic E-state index is 10.6. The minimum absolute atomic E-state index is 0.00794. The molecule has 0 aliphatic carbocycles. The van der Waals surface area contributed by atoms with Crippen LogP contribution in [0.25, 0.3) is 13.2 Å². The molecule has 5 nitrogen and oxygen atoms in total. The van der Waals surface area contributed by atoms with Crippen LogP contribution in [-0.2, 0) is 10.1 Å². The molecule has 0 aromatic carbocycles. The van der Waals surface area contributed by atoms with Crippen molar-refractivity contribution in [1.82, 2.24) is 0 Å². The molecule has 1 aromatic rings. The molecule has 1 aliphatic rings. The van der Waals surface area contributed by atoms with E-state index >= 15 is 0 Å². The monoisotopic (exact) mass is 332 g/mol. The van der Waals surface area contributed by atoms with Gasteiger partial charge in [-0.3, -0.25) is 4.55 Å². The van der Waals surface area contributed by atoms with Crippen LogP contribution < -0.4 is 18.5 Å². The third-order valence-corrected chi connectivity index (χ3v) is 5.00. The fourth-order valence-electron chi connectivity index (χ4n) is 2.29. The molecule has 0 saturated heterocycles. The number of ether oxygens (including phenoxy) is 2. The Morgan fingerprint density at radius 2 is 1.81 bits per heavy atom. The molecule has 2 rings (SSSR count). The van der Waals surface area contributed by atoms with Gasteiger partial charge in [0.2, 0.25) is 0 Å².